The summed E-state index contributed by atoms with van der Waals surface area (Å²) < 4.78 is 37.0. The fourth-order valence-electron chi connectivity index (χ4n) is 2.48. The molecule has 3 rings (SSSR count). The molecule has 124 valence electrons. The Morgan fingerprint density at radius 2 is 1.71 bits per heavy atom. The number of hydrogen-bond acceptors (Lipinski definition) is 3. The van der Waals surface area contributed by atoms with E-state index in [1.165, 1.54) is 6.26 Å². The van der Waals surface area contributed by atoms with Gasteiger partial charge in [0.15, 0.2) is 9.84 Å². The first-order valence-corrected chi connectivity index (χ1v) is 9.37. The van der Waals surface area contributed by atoms with Gasteiger partial charge < -0.3 is 0 Å². The second-order valence-corrected chi connectivity index (χ2v) is 7.55. The summed E-state index contributed by atoms with van der Waals surface area (Å²) >= 11 is 0. The number of aryl methyl sites for hydroxylation is 1. The molecule has 0 amide bonds. The molecule has 0 atom stereocenters. The number of aromatic nitrogens is 2. The molecular weight excluding hydrogens is 327 g/mol. The van der Waals surface area contributed by atoms with Crippen molar-refractivity contribution in [2.75, 3.05) is 12.9 Å². The summed E-state index contributed by atoms with van der Waals surface area (Å²) in [5.41, 5.74) is 3.59. The van der Waals surface area contributed by atoms with Gasteiger partial charge in [-0.05, 0) is 35.4 Å². The monoisotopic (exact) mass is 344 g/mol. The van der Waals surface area contributed by atoms with E-state index < -0.39 is 16.5 Å². The van der Waals surface area contributed by atoms with Gasteiger partial charge >= 0.3 is 0 Å². The van der Waals surface area contributed by atoms with Crippen LogP contribution in [0.25, 0.3) is 22.4 Å². The molecule has 4 nitrogen and oxygen atoms in total. The third kappa shape index (κ3) is 3.54. The topological polar surface area (TPSA) is 52.0 Å². The Labute approximate surface area is 140 Å². The molecule has 1 aromatic heterocycles. The fourth-order valence-corrected chi connectivity index (χ4v) is 3.11. The summed E-state index contributed by atoms with van der Waals surface area (Å²) in [7, 11) is -3.20. The molecule has 3 aromatic rings. The number of sulfone groups is 1. The van der Waals surface area contributed by atoms with E-state index in [2.05, 4.69) is 5.10 Å². The normalized spacial score (nSPS) is 11.6. The van der Waals surface area contributed by atoms with Gasteiger partial charge in [0, 0.05) is 18.0 Å². The Morgan fingerprint density at radius 1 is 1.00 bits per heavy atom. The molecule has 0 saturated heterocycles. The van der Waals surface area contributed by atoms with Crippen LogP contribution in [-0.4, -0.2) is 31.1 Å². The highest BCUT2D eigenvalue weighted by Crippen LogP contribution is 2.26. The van der Waals surface area contributed by atoms with E-state index in [0.29, 0.717) is 4.90 Å². The summed E-state index contributed by atoms with van der Waals surface area (Å²) in [6.07, 6.45) is 2.94. The zero-order valence-electron chi connectivity index (χ0n) is 13.2. The number of rotatable bonds is 5. The fraction of sp³-hybridized carbons (Fsp3) is 0.167. The molecule has 0 unspecified atom stereocenters. The Kier molecular flexibility index (Phi) is 4.49. The zero-order valence-corrected chi connectivity index (χ0v) is 14.0. The van der Waals surface area contributed by atoms with E-state index in [1.54, 1.807) is 35.1 Å². The van der Waals surface area contributed by atoms with Gasteiger partial charge in [0.2, 0.25) is 0 Å². The molecule has 1 heterocycles. The minimum atomic E-state index is -3.20. The van der Waals surface area contributed by atoms with Gasteiger partial charge in [-0.15, -0.1) is 0 Å². The van der Waals surface area contributed by atoms with Gasteiger partial charge in [0.05, 0.1) is 17.1 Å². The molecule has 0 saturated carbocycles. The van der Waals surface area contributed by atoms with E-state index in [4.69, 9.17) is 0 Å². The highest BCUT2D eigenvalue weighted by molar-refractivity contribution is 7.90. The quantitative estimate of drug-likeness (QED) is 0.711. The van der Waals surface area contributed by atoms with Gasteiger partial charge in [-0.25, -0.2) is 12.8 Å². The maximum Gasteiger partial charge on any atom is 0.175 e. The Morgan fingerprint density at radius 3 is 2.38 bits per heavy atom. The molecule has 0 N–H and O–H groups in total. The van der Waals surface area contributed by atoms with Crippen LogP contribution in [-0.2, 0) is 16.4 Å². The maximum atomic E-state index is 12.4. The highest BCUT2D eigenvalue weighted by Gasteiger charge is 2.08. The summed E-state index contributed by atoms with van der Waals surface area (Å²) in [5, 5.41) is 4.35. The Hall–Kier alpha value is -2.47. The van der Waals surface area contributed by atoms with Crippen LogP contribution in [0, 0.1) is 0 Å². The number of alkyl halides is 1. The van der Waals surface area contributed by atoms with Crippen molar-refractivity contribution in [3.8, 4) is 22.4 Å². The van der Waals surface area contributed by atoms with Crippen molar-refractivity contribution in [3.05, 3.63) is 60.8 Å². The first kappa shape index (κ1) is 16.4. The van der Waals surface area contributed by atoms with Crippen molar-refractivity contribution in [1.29, 1.82) is 0 Å². The minimum Gasteiger partial charge on any atom is -0.269 e. The molecule has 0 aliphatic heterocycles. The van der Waals surface area contributed by atoms with Crippen molar-refractivity contribution in [1.82, 2.24) is 9.78 Å². The van der Waals surface area contributed by atoms with Crippen LogP contribution in [0.3, 0.4) is 0 Å². The van der Waals surface area contributed by atoms with Crippen LogP contribution in [0.5, 0.6) is 0 Å². The van der Waals surface area contributed by atoms with Crippen LogP contribution >= 0.6 is 0 Å². The van der Waals surface area contributed by atoms with E-state index >= 15 is 0 Å². The molecular formula is C18H17FN2O2S. The summed E-state index contributed by atoms with van der Waals surface area (Å²) in [6, 6.07) is 16.4. The van der Waals surface area contributed by atoms with Gasteiger partial charge in [0.1, 0.15) is 6.67 Å². The largest absolute Gasteiger partial charge is 0.269 e. The third-order valence-corrected chi connectivity index (χ3v) is 4.86. The number of halogens is 1. The predicted molar refractivity (Wildman–Crippen MR) is 92.2 cm³/mol. The van der Waals surface area contributed by atoms with E-state index in [9.17, 15) is 12.8 Å². The smallest absolute Gasteiger partial charge is 0.175 e. The summed E-state index contributed by atoms with van der Waals surface area (Å²) in [4.78, 5) is 0.298. The van der Waals surface area contributed by atoms with Crippen molar-refractivity contribution in [3.63, 3.8) is 0 Å². The highest BCUT2D eigenvalue weighted by atomic mass is 32.2. The molecule has 0 radical (unpaired) electrons. The van der Waals surface area contributed by atoms with Crippen molar-refractivity contribution in [2.45, 2.75) is 11.4 Å². The molecule has 0 aliphatic carbocycles. The Balaban J connectivity index is 1.92. The average molecular weight is 344 g/mol. The molecule has 6 heteroatoms. The van der Waals surface area contributed by atoms with Gasteiger partial charge in [-0.1, -0.05) is 30.3 Å². The van der Waals surface area contributed by atoms with Gasteiger partial charge in [0.25, 0.3) is 0 Å². The first-order chi connectivity index (χ1) is 11.5. The van der Waals surface area contributed by atoms with Crippen molar-refractivity contribution in [2.24, 2.45) is 0 Å². The lowest BCUT2D eigenvalue weighted by atomic mass is 10.0. The van der Waals surface area contributed by atoms with Gasteiger partial charge in [-0.2, -0.15) is 5.10 Å². The number of hydrogen-bond donors (Lipinski definition) is 0. The number of benzene rings is 2. The second-order valence-electron chi connectivity index (χ2n) is 5.53. The van der Waals surface area contributed by atoms with E-state index in [1.807, 2.05) is 30.3 Å². The van der Waals surface area contributed by atoms with Crippen molar-refractivity contribution >= 4 is 9.84 Å². The van der Waals surface area contributed by atoms with Crippen LogP contribution < -0.4 is 0 Å². The van der Waals surface area contributed by atoms with Gasteiger partial charge in [-0.3, -0.25) is 4.68 Å². The molecule has 24 heavy (non-hydrogen) atoms. The molecule has 2 aromatic carbocycles. The minimum absolute atomic E-state index is 0.243. The molecule has 0 fully saturated rings. The Bertz CT molecular complexity index is 947. The predicted octanol–water partition coefficient (Wildman–Crippen LogP) is 3.59. The lowest BCUT2D eigenvalue weighted by Gasteiger charge is -2.05. The maximum absolute atomic E-state index is 12.4. The van der Waals surface area contributed by atoms with E-state index in [0.717, 1.165) is 22.4 Å². The van der Waals surface area contributed by atoms with Crippen LogP contribution in [0.4, 0.5) is 4.39 Å². The standard InChI is InChI=1S/C18H17FN2O2S/c1-24(22,23)17-7-5-14(6-8-17)15-3-2-4-16(13-15)18-9-11-21(20-18)12-10-19/h2-9,11,13H,10,12H2,1H3. The number of nitrogens with zero attached hydrogens (tertiary/aromatic N) is 2. The van der Waals surface area contributed by atoms with Crippen LogP contribution in [0.1, 0.15) is 0 Å². The van der Waals surface area contributed by atoms with Crippen LogP contribution in [0.2, 0.25) is 0 Å². The summed E-state index contributed by atoms with van der Waals surface area (Å²) in [5.74, 6) is 0. The third-order valence-electron chi connectivity index (χ3n) is 3.73. The van der Waals surface area contributed by atoms with Crippen LogP contribution in [0.15, 0.2) is 65.7 Å². The molecule has 0 bridgehead atoms. The average Bonchev–Trinajstić information content (AvgIpc) is 3.03. The zero-order chi connectivity index (χ0) is 17.2. The summed E-state index contributed by atoms with van der Waals surface area (Å²) in [6.45, 7) is -0.208. The molecule has 0 spiro atoms. The lowest BCUT2D eigenvalue weighted by Crippen LogP contribution is -1.99. The van der Waals surface area contributed by atoms with Crippen molar-refractivity contribution < 1.29 is 12.8 Å². The lowest BCUT2D eigenvalue weighted by molar-refractivity contribution is 0.427. The van der Waals surface area contributed by atoms with E-state index in [-0.39, 0.29) is 6.54 Å². The first-order valence-electron chi connectivity index (χ1n) is 7.48. The second kappa shape index (κ2) is 6.57. The SMILES string of the molecule is CS(=O)(=O)c1ccc(-c2cccc(-c3ccn(CCF)n3)c2)cc1. The molecule has 0 aliphatic rings.